The number of carbonyl (C=O) groups excluding carboxylic acids is 2. The molecular weight excluding hydrogens is 274 g/mol. The lowest BCUT2D eigenvalue weighted by atomic mass is 10.1. The number of anilines is 1. The zero-order valence-corrected chi connectivity index (χ0v) is 12.1. The molecule has 2 rings (SSSR count). The van der Waals surface area contributed by atoms with Gasteiger partial charge in [-0.25, -0.2) is 9.78 Å². The number of nitrogens with two attached hydrogens (primary N) is 1. The molecule has 0 aliphatic rings. The van der Waals surface area contributed by atoms with Crippen LogP contribution in [0.1, 0.15) is 23.0 Å². The van der Waals surface area contributed by atoms with Gasteiger partial charge in [0.05, 0.1) is 29.9 Å². The molecule has 0 unspecified atom stereocenters. The SMILES string of the molecule is CCOC(=O)c1cnc2c(c(C)nn2C)c1NCC(N)=O. The fourth-order valence-corrected chi connectivity index (χ4v) is 2.13. The molecule has 8 heteroatoms. The van der Waals surface area contributed by atoms with Crippen molar-refractivity contribution >= 4 is 28.6 Å². The number of hydrogen-bond acceptors (Lipinski definition) is 6. The Hall–Kier alpha value is -2.64. The number of nitrogens with zero attached hydrogens (tertiary/aromatic N) is 3. The Morgan fingerprint density at radius 2 is 2.19 bits per heavy atom. The van der Waals surface area contributed by atoms with E-state index in [1.165, 1.54) is 6.20 Å². The van der Waals surface area contributed by atoms with Crippen LogP contribution in [0.25, 0.3) is 11.0 Å². The number of rotatable bonds is 5. The monoisotopic (exact) mass is 291 g/mol. The minimum Gasteiger partial charge on any atom is -0.462 e. The van der Waals surface area contributed by atoms with E-state index in [4.69, 9.17) is 10.5 Å². The van der Waals surface area contributed by atoms with Gasteiger partial charge >= 0.3 is 5.97 Å². The topological polar surface area (TPSA) is 112 Å². The van der Waals surface area contributed by atoms with Crippen LogP contribution in [0, 0.1) is 6.92 Å². The minimum absolute atomic E-state index is 0.0974. The van der Waals surface area contributed by atoms with Crippen molar-refractivity contribution in [2.45, 2.75) is 13.8 Å². The van der Waals surface area contributed by atoms with Gasteiger partial charge in [0.25, 0.3) is 0 Å². The number of nitrogens with one attached hydrogen (secondary N) is 1. The Morgan fingerprint density at radius 1 is 1.48 bits per heavy atom. The van der Waals surface area contributed by atoms with Crippen molar-refractivity contribution in [3.05, 3.63) is 17.5 Å². The molecule has 0 atom stereocenters. The molecule has 0 bridgehead atoms. The zero-order chi connectivity index (χ0) is 15.6. The molecule has 0 fully saturated rings. The minimum atomic E-state index is -0.531. The Bertz CT molecular complexity index is 707. The second-order valence-corrected chi connectivity index (χ2v) is 4.49. The molecule has 2 heterocycles. The van der Waals surface area contributed by atoms with Gasteiger partial charge in [-0.05, 0) is 13.8 Å². The Morgan fingerprint density at radius 3 is 2.81 bits per heavy atom. The van der Waals surface area contributed by atoms with Crippen molar-refractivity contribution < 1.29 is 14.3 Å². The van der Waals surface area contributed by atoms with Gasteiger partial charge < -0.3 is 15.8 Å². The number of ether oxygens (including phenoxy) is 1. The summed E-state index contributed by atoms with van der Waals surface area (Å²) in [4.78, 5) is 27.3. The molecule has 0 saturated heterocycles. The maximum atomic E-state index is 12.0. The summed E-state index contributed by atoms with van der Waals surface area (Å²) < 4.78 is 6.61. The third-order valence-electron chi connectivity index (χ3n) is 2.96. The number of hydrogen-bond donors (Lipinski definition) is 2. The van der Waals surface area contributed by atoms with E-state index in [9.17, 15) is 9.59 Å². The van der Waals surface area contributed by atoms with Gasteiger partial charge in [-0.3, -0.25) is 9.48 Å². The fourth-order valence-electron chi connectivity index (χ4n) is 2.13. The van der Waals surface area contributed by atoms with E-state index >= 15 is 0 Å². The molecule has 0 spiro atoms. The van der Waals surface area contributed by atoms with Gasteiger partial charge in [0.15, 0.2) is 5.65 Å². The first-order valence-corrected chi connectivity index (χ1v) is 6.47. The summed E-state index contributed by atoms with van der Waals surface area (Å²) in [6, 6.07) is 0. The quantitative estimate of drug-likeness (QED) is 0.769. The van der Waals surface area contributed by atoms with Crippen molar-refractivity contribution in [3.8, 4) is 0 Å². The fraction of sp³-hybridized carbons (Fsp3) is 0.385. The highest BCUT2D eigenvalue weighted by Crippen LogP contribution is 2.28. The molecular formula is C13H17N5O3. The highest BCUT2D eigenvalue weighted by Gasteiger charge is 2.20. The lowest BCUT2D eigenvalue weighted by molar-refractivity contribution is -0.116. The summed E-state index contributed by atoms with van der Waals surface area (Å²) >= 11 is 0. The largest absolute Gasteiger partial charge is 0.462 e. The van der Waals surface area contributed by atoms with Crippen molar-refractivity contribution in [1.29, 1.82) is 0 Å². The van der Waals surface area contributed by atoms with Crippen LogP contribution in [0.3, 0.4) is 0 Å². The standard InChI is InChI=1S/C13H17N5O3/c1-4-21-13(20)8-5-16-12-10(7(2)17-18(12)3)11(8)15-6-9(14)19/h5H,4,6H2,1-3H3,(H2,14,19)(H,15,16). The van der Waals surface area contributed by atoms with E-state index in [1.54, 1.807) is 25.6 Å². The van der Waals surface area contributed by atoms with Gasteiger partial charge in [-0.15, -0.1) is 0 Å². The third-order valence-corrected chi connectivity index (χ3v) is 2.96. The zero-order valence-electron chi connectivity index (χ0n) is 12.1. The first kappa shape index (κ1) is 14.8. The van der Waals surface area contributed by atoms with Crippen molar-refractivity contribution in [2.75, 3.05) is 18.5 Å². The average Bonchev–Trinajstić information content (AvgIpc) is 2.71. The smallest absolute Gasteiger partial charge is 0.341 e. The molecule has 112 valence electrons. The highest BCUT2D eigenvalue weighted by molar-refractivity contribution is 6.05. The highest BCUT2D eigenvalue weighted by atomic mass is 16.5. The maximum Gasteiger partial charge on any atom is 0.341 e. The van der Waals surface area contributed by atoms with Crippen LogP contribution in [-0.2, 0) is 16.6 Å². The lowest BCUT2D eigenvalue weighted by Crippen LogP contribution is -2.23. The van der Waals surface area contributed by atoms with Gasteiger partial charge in [0.2, 0.25) is 5.91 Å². The second kappa shape index (κ2) is 5.78. The number of pyridine rings is 1. The van der Waals surface area contributed by atoms with Crippen molar-refractivity contribution in [3.63, 3.8) is 0 Å². The van der Waals surface area contributed by atoms with E-state index < -0.39 is 11.9 Å². The number of fused-ring (bicyclic) bond motifs is 1. The number of amides is 1. The lowest BCUT2D eigenvalue weighted by Gasteiger charge is -2.11. The molecule has 0 aliphatic carbocycles. The Balaban J connectivity index is 2.61. The van der Waals surface area contributed by atoms with E-state index in [0.717, 1.165) is 0 Å². The average molecular weight is 291 g/mol. The number of primary amides is 1. The van der Waals surface area contributed by atoms with Crippen molar-refractivity contribution in [2.24, 2.45) is 12.8 Å². The van der Waals surface area contributed by atoms with Crippen LogP contribution in [0.4, 0.5) is 5.69 Å². The predicted molar refractivity (Wildman–Crippen MR) is 76.9 cm³/mol. The molecule has 0 radical (unpaired) electrons. The first-order chi connectivity index (χ1) is 9.95. The summed E-state index contributed by atoms with van der Waals surface area (Å²) in [6.45, 7) is 3.67. The summed E-state index contributed by atoms with van der Waals surface area (Å²) in [5.74, 6) is -1.04. The number of carbonyl (C=O) groups is 2. The van der Waals surface area contributed by atoms with E-state index in [-0.39, 0.29) is 18.7 Å². The summed E-state index contributed by atoms with van der Waals surface area (Å²) in [7, 11) is 1.75. The second-order valence-electron chi connectivity index (χ2n) is 4.49. The van der Waals surface area contributed by atoms with Crippen LogP contribution in [-0.4, -0.2) is 39.8 Å². The van der Waals surface area contributed by atoms with Gasteiger partial charge in [-0.2, -0.15) is 5.10 Å². The first-order valence-electron chi connectivity index (χ1n) is 6.47. The van der Waals surface area contributed by atoms with Gasteiger partial charge in [0.1, 0.15) is 5.56 Å². The number of aryl methyl sites for hydroxylation is 2. The van der Waals surface area contributed by atoms with Gasteiger partial charge in [0, 0.05) is 13.2 Å². The molecule has 0 aliphatic heterocycles. The molecule has 21 heavy (non-hydrogen) atoms. The number of aromatic nitrogens is 3. The van der Waals surface area contributed by atoms with Crippen LogP contribution in [0.5, 0.6) is 0 Å². The van der Waals surface area contributed by atoms with E-state index in [0.29, 0.717) is 22.4 Å². The molecule has 1 amide bonds. The predicted octanol–water partition coefficient (Wildman–Crippen LogP) is 0.351. The van der Waals surface area contributed by atoms with Gasteiger partial charge in [-0.1, -0.05) is 0 Å². The Labute approximate surface area is 121 Å². The maximum absolute atomic E-state index is 12.0. The molecule has 3 N–H and O–H groups in total. The Kier molecular flexibility index (Phi) is 4.06. The normalized spacial score (nSPS) is 10.6. The van der Waals surface area contributed by atoms with Crippen LogP contribution in [0.15, 0.2) is 6.20 Å². The van der Waals surface area contributed by atoms with Crippen molar-refractivity contribution in [1.82, 2.24) is 14.8 Å². The van der Waals surface area contributed by atoms with Crippen LogP contribution in [0.2, 0.25) is 0 Å². The summed E-state index contributed by atoms with van der Waals surface area (Å²) in [5.41, 5.74) is 7.17. The molecule has 2 aromatic rings. The molecule has 0 aromatic carbocycles. The number of esters is 1. The third kappa shape index (κ3) is 2.78. The molecule has 2 aromatic heterocycles. The molecule has 0 saturated carbocycles. The van der Waals surface area contributed by atoms with E-state index in [2.05, 4.69) is 15.4 Å². The summed E-state index contributed by atoms with van der Waals surface area (Å²) in [5, 5.41) is 7.82. The molecule has 8 nitrogen and oxygen atoms in total. The van der Waals surface area contributed by atoms with Crippen LogP contribution < -0.4 is 11.1 Å². The summed E-state index contributed by atoms with van der Waals surface area (Å²) in [6.07, 6.45) is 1.41. The van der Waals surface area contributed by atoms with E-state index in [1.807, 2.05) is 0 Å². The van der Waals surface area contributed by atoms with Crippen LogP contribution >= 0.6 is 0 Å².